The van der Waals surface area contributed by atoms with E-state index >= 15 is 0 Å². The molecule has 0 heterocycles. The molecule has 0 aliphatic heterocycles. The van der Waals surface area contributed by atoms with Crippen LogP contribution in [0.5, 0.6) is 0 Å². The van der Waals surface area contributed by atoms with Gasteiger partial charge in [-0.05, 0) is 60.9 Å². The van der Waals surface area contributed by atoms with Crippen LogP contribution in [0.15, 0.2) is 82.8 Å². The molecule has 8 heteroatoms. The van der Waals surface area contributed by atoms with Gasteiger partial charge in [0, 0.05) is 24.2 Å². The molecular formula is C25H26ClN3O3S. The van der Waals surface area contributed by atoms with Gasteiger partial charge in [0.05, 0.1) is 10.6 Å². The largest absolute Gasteiger partial charge is 0.271 e. The molecule has 0 bridgehead atoms. The van der Waals surface area contributed by atoms with Gasteiger partial charge in [-0.3, -0.25) is 4.79 Å². The van der Waals surface area contributed by atoms with Crippen molar-refractivity contribution >= 4 is 33.2 Å². The summed E-state index contributed by atoms with van der Waals surface area (Å²) >= 11 is 6.04. The molecule has 0 aliphatic carbocycles. The number of amides is 1. The first-order chi connectivity index (χ1) is 15.7. The zero-order chi connectivity index (χ0) is 24.0. The minimum absolute atomic E-state index is 0.186. The molecule has 0 saturated heterocycles. The minimum atomic E-state index is -3.60. The molecular weight excluding hydrogens is 458 g/mol. The third-order valence-electron chi connectivity index (χ3n) is 5.14. The molecule has 3 aromatic rings. The van der Waals surface area contributed by atoms with Gasteiger partial charge in [-0.1, -0.05) is 60.5 Å². The Balaban J connectivity index is 1.66. The number of carbonyl (C=O) groups excluding carboxylic acids is 1. The SMILES string of the molecule is CC/C(=N/NC(=O)c1ccc(CN(C)S(=O)(=O)c2ccc(C)cc2)cc1)c1cccc(Cl)c1. The summed E-state index contributed by atoms with van der Waals surface area (Å²) in [5, 5.41) is 4.85. The van der Waals surface area contributed by atoms with Crippen LogP contribution < -0.4 is 5.43 Å². The lowest BCUT2D eigenvalue weighted by Crippen LogP contribution is -2.26. The van der Waals surface area contributed by atoms with Crippen molar-refractivity contribution < 1.29 is 13.2 Å². The average Bonchev–Trinajstić information content (AvgIpc) is 2.80. The minimum Gasteiger partial charge on any atom is -0.267 e. The topological polar surface area (TPSA) is 78.8 Å². The number of halogens is 1. The van der Waals surface area contributed by atoms with E-state index in [0.29, 0.717) is 22.7 Å². The highest BCUT2D eigenvalue weighted by atomic mass is 35.5. The van der Waals surface area contributed by atoms with E-state index in [2.05, 4.69) is 10.5 Å². The van der Waals surface area contributed by atoms with Gasteiger partial charge >= 0.3 is 0 Å². The van der Waals surface area contributed by atoms with Crippen LogP contribution >= 0.6 is 11.6 Å². The molecule has 0 unspecified atom stereocenters. The van der Waals surface area contributed by atoms with Crippen LogP contribution in [0.2, 0.25) is 5.02 Å². The van der Waals surface area contributed by atoms with Gasteiger partial charge in [0.2, 0.25) is 10.0 Å². The highest BCUT2D eigenvalue weighted by Gasteiger charge is 2.20. The van der Waals surface area contributed by atoms with Crippen molar-refractivity contribution in [1.82, 2.24) is 9.73 Å². The first-order valence-electron chi connectivity index (χ1n) is 10.5. The van der Waals surface area contributed by atoms with Crippen molar-refractivity contribution in [3.63, 3.8) is 0 Å². The number of benzene rings is 3. The molecule has 3 rings (SSSR count). The summed E-state index contributed by atoms with van der Waals surface area (Å²) in [4.78, 5) is 12.8. The van der Waals surface area contributed by atoms with E-state index in [1.807, 2.05) is 26.0 Å². The Labute approximate surface area is 200 Å². The van der Waals surface area contributed by atoms with E-state index in [1.54, 1.807) is 60.7 Å². The molecule has 0 radical (unpaired) electrons. The average molecular weight is 484 g/mol. The number of hydrogen-bond acceptors (Lipinski definition) is 4. The Hall–Kier alpha value is -3.00. The molecule has 6 nitrogen and oxygen atoms in total. The molecule has 0 aliphatic rings. The summed E-state index contributed by atoms with van der Waals surface area (Å²) in [6, 6.07) is 20.8. The zero-order valence-electron chi connectivity index (χ0n) is 18.7. The predicted molar refractivity (Wildman–Crippen MR) is 132 cm³/mol. The smallest absolute Gasteiger partial charge is 0.267 e. The monoisotopic (exact) mass is 483 g/mol. The fraction of sp³-hybridized carbons (Fsp3) is 0.200. The fourth-order valence-electron chi connectivity index (χ4n) is 3.19. The maximum Gasteiger partial charge on any atom is 0.271 e. The second kappa shape index (κ2) is 10.7. The van der Waals surface area contributed by atoms with Gasteiger partial charge in [0.25, 0.3) is 5.91 Å². The molecule has 0 atom stereocenters. The van der Waals surface area contributed by atoms with E-state index in [4.69, 9.17) is 11.6 Å². The van der Waals surface area contributed by atoms with Crippen molar-refractivity contribution in [2.24, 2.45) is 5.10 Å². The van der Waals surface area contributed by atoms with Gasteiger partial charge in [-0.15, -0.1) is 0 Å². The maximum absolute atomic E-state index is 12.8. The van der Waals surface area contributed by atoms with Crippen molar-refractivity contribution in [2.75, 3.05) is 7.05 Å². The maximum atomic E-state index is 12.8. The lowest BCUT2D eigenvalue weighted by atomic mass is 10.1. The molecule has 172 valence electrons. The fourth-order valence-corrected chi connectivity index (χ4v) is 4.54. The quantitative estimate of drug-likeness (QED) is 0.361. The van der Waals surface area contributed by atoms with Gasteiger partial charge in [-0.25, -0.2) is 13.8 Å². The Bertz CT molecular complexity index is 1250. The summed E-state index contributed by atoms with van der Waals surface area (Å²) in [5.74, 6) is -0.352. The van der Waals surface area contributed by atoms with Crippen LogP contribution in [0.3, 0.4) is 0 Å². The predicted octanol–water partition coefficient (Wildman–Crippen LogP) is 5.01. The summed E-state index contributed by atoms with van der Waals surface area (Å²) in [6.45, 7) is 4.04. The molecule has 1 amide bonds. The summed E-state index contributed by atoms with van der Waals surface area (Å²) < 4.78 is 26.8. The van der Waals surface area contributed by atoms with Gasteiger partial charge in [0.15, 0.2) is 0 Å². The zero-order valence-corrected chi connectivity index (χ0v) is 20.3. The standard InChI is InChI=1S/C25H26ClN3O3S/c1-4-24(21-6-5-7-22(26)16-21)27-28-25(30)20-12-10-19(11-13-20)17-29(3)33(31,32)23-14-8-18(2)9-15-23/h5-16H,4,17H2,1-3H3,(H,28,30)/b27-24-. The van der Waals surface area contributed by atoms with Crippen molar-refractivity contribution in [3.8, 4) is 0 Å². The number of aryl methyl sites for hydroxylation is 1. The number of nitrogens with zero attached hydrogens (tertiary/aromatic N) is 2. The molecule has 3 aromatic carbocycles. The third-order valence-corrected chi connectivity index (χ3v) is 7.19. The molecule has 0 saturated carbocycles. The van der Waals surface area contributed by atoms with Crippen molar-refractivity contribution in [1.29, 1.82) is 0 Å². The lowest BCUT2D eigenvalue weighted by molar-refractivity contribution is 0.0954. The van der Waals surface area contributed by atoms with Crippen LogP contribution in [0.4, 0.5) is 0 Å². The van der Waals surface area contributed by atoms with E-state index in [-0.39, 0.29) is 17.3 Å². The van der Waals surface area contributed by atoms with Crippen LogP contribution in [-0.2, 0) is 16.6 Å². The van der Waals surface area contributed by atoms with Crippen molar-refractivity contribution in [3.05, 3.63) is 100 Å². The Kier molecular flexibility index (Phi) is 8.02. The van der Waals surface area contributed by atoms with E-state index in [1.165, 1.54) is 11.4 Å². The molecule has 0 fully saturated rings. The number of rotatable bonds is 8. The first-order valence-corrected chi connectivity index (χ1v) is 12.3. The second-order valence-electron chi connectivity index (χ2n) is 7.63. The van der Waals surface area contributed by atoms with Crippen LogP contribution in [-0.4, -0.2) is 31.4 Å². The highest BCUT2D eigenvalue weighted by Crippen LogP contribution is 2.18. The van der Waals surface area contributed by atoms with E-state index in [9.17, 15) is 13.2 Å². The third kappa shape index (κ3) is 6.28. The summed E-state index contributed by atoms with van der Waals surface area (Å²) in [7, 11) is -2.07. The van der Waals surface area contributed by atoms with E-state index < -0.39 is 10.0 Å². The van der Waals surface area contributed by atoms with Crippen LogP contribution in [0.1, 0.15) is 40.4 Å². The van der Waals surface area contributed by atoms with Crippen molar-refractivity contribution in [2.45, 2.75) is 31.7 Å². The van der Waals surface area contributed by atoms with Gasteiger partial charge < -0.3 is 0 Å². The molecule has 1 N–H and O–H groups in total. The summed E-state index contributed by atoms with van der Waals surface area (Å²) in [5.41, 5.74) is 6.32. The van der Waals surface area contributed by atoms with Crippen LogP contribution in [0, 0.1) is 6.92 Å². The van der Waals surface area contributed by atoms with E-state index in [0.717, 1.165) is 16.7 Å². The number of hydrazone groups is 1. The summed E-state index contributed by atoms with van der Waals surface area (Å²) in [6.07, 6.45) is 0.626. The normalized spacial score (nSPS) is 12.1. The Morgan fingerprint density at radius 2 is 1.67 bits per heavy atom. The van der Waals surface area contributed by atoms with Gasteiger partial charge in [0.1, 0.15) is 0 Å². The number of hydrogen-bond donors (Lipinski definition) is 1. The van der Waals surface area contributed by atoms with Gasteiger partial charge in [-0.2, -0.15) is 9.41 Å². The van der Waals surface area contributed by atoms with Crippen LogP contribution in [0.25, 0.3) is 0 Å². The highest BCUT2D eigenvalue weighted by molar-refractivity contribution is 7.89. The number of sulfonamides is 1. The lowest BCUT2D eigenvalue weighted by Gasteiger charge is -2.17. The number of nitrogens with one attached hydrogen (secondary N) is 1. The second-order valence-corrected chi connectivity index (χ2v) is 10.1. The molecule has 0 aromatic heterocycles. The molecule has 33 heavy (non-hydrogen) atoms. The Morgan fingerprint density at radius 1 is 1.00 bits per heavy atom. The number of carbonyl (C=O) groups is 1. The first kappa shape index (κ1) is 24.6. The molecule has 0 spiro atoms. The Morgan fingerprint density at radius 3 is 2.27 bits per heavy atom.